The summed E-state index contributed by atoms with van der Waals surface area (Å²) in [5.74, 6) is 0.871. The van der Waals surface area contributed by atoms with Crippen molar-refractivity contribution in [1.82, 2.24) is 14.7 Å². The minimum atomic E-state index is 0.621. The molecule has 0 bridgehead atoms. The second-order valence-corrected chi connectivity index (χ2v) is 6.29. The maximum absolute atomic E-state index is 4.59. The Balaban J connectivity index is 1.68. The Kier molecular flexibility index (Phi) is 3.39. The van der Waals surface area contributed by atoms with Gasteiger partial charge < -0.3 is 5.32 Å². The Morgan fingerprint density at radius 3 is 3.06 bits per heavy atom. The van der Waals surface area contributed by atoms with Crippen molar-refractivity contribution in [3.8, 4) is 0 Å². The monoisotopic (exact) mass is 263 g/mol. The lowest BCUT2D eigenvalue weighted by Crippen LogP contribution is -2.32. The van der Waals surface area contributed by atoms with Crippen LogP contribution in [0.2, 0.25) is 0 Å². The first-order valence-electron chi connectivity index (χ1n) is 6.90. The molecule has 0 aliphatic heterocycles. The van der Waals surface area contributed by atoms with Gasteiger partial charge in [-0.1, -0.05) is 12.8 Å². The Morgan fingerprint density at radius 2 is 2.28 bits per heavy atom. The molecule has 1 aliphatic carbocycles. The average molecular weight is 263 g/mol. The highest BCUT2D eigenvalue weighted by Gasteiger charge is 2.21. The highest BCUT2D eigenvalue weighted by Crippen LogP contribution is 2.27. The summed E-state index contributed by atoms with van der Waals surface area (Å²) in [5, 5.41) is 5.80. The van der Waals surface area contributed by atoms with E-state index in [2.05, 4.69) is 40.1 Å². The van der Waals surface area contributed by atoms with E-state index in [9.17, 15) is 0 Å². The van der Waals surface area contributed by atoms with Crippen LogP contribution in [0.1, 0.15) is 44.0 Å². The molecule has 1 fully saturated rings. The lowest BCUT2D eigenvalue weighted by molar-refractivity contribution is 0.378. The number of hydrogen-bond acceptors (Lipinski definition) is 3. The van der Waals surface area contributed by atoms with Gasteiger partial charge >= 0.3 is 0 Å². The summed E-state index contributed by atoms with van der Waals surface area (Å²) in [4.78, 5) is 5.70. The van der Waals surface area contributed by atoms with E-state index in [0.717, 1.165) is 23.1 Å². The zero-order valence-corrected chi connectivity index (χ0v) is 12.0. The van der Waals surface area contributed by atoms with E-state index in [1.54, 1.807) is 11.3 Å². The molecule has 1 aliphatic rings. The summed E-state index contributed by atoms with van der Waals surface area (Å²) in [5.41, 5.74) is 2.48. The van der Waals surface area contributed by atoms with Gasteiger partial charge in [-0.2, -0.15) is 0 Å². The van der Waals surface area contributed by atoms with Gasteiger partial charge in [0.15, 0.2) is 4.96 Å². The van der Waals surface area contributed by atoms with Crippen molar-refractivity contribution in [2.45, 2.75) is 52.1 Å². The summed E-state index contributed by atoms with van der Waals surface area (Å²) >= 11 is 1.71. The first kappa shape index (κ1) is 12.2. The van der Waals surface area contributed by atoms with Crippen LogP contribution in [0.15, 0.2) is 11.6 Å². The maximum atomic E-state index is 4.59. The molecule has 3 rings (SSSR count). The summed E-state index contributed by atoms with van der Waals surface area (Å²) in [6.07, 6.45) is 7.74. The van der Waals surface area contributed by atoms with Crippen LogP contribution in [-0.4, -0.2) is 15.4 Å². The van der Waals surface area contributed by atoms with Gasteiger partial charge in [0.25, 0.3) is 0 Å². The fourth-order valence-electron chi connectivity index (χ4n) is 3.04. The number of thiazole rings is 1. The third-order valence-electron chi connectivity index (χ3n) is 4.26. The van der Waals surface area contributed by atoms with Gasteiger partial charge in [0.2, 0.25) is 0 Å². The predicted molar refractivity (Wildman–Crippen MR) is 76.1 cm³/mol. The zero-order chi connectivity index (χ0) is 12.5. The number of rotatable bonds is 4. The van der Waals surface area contributed by atoms with Gasteiger partial charge in [0.05, 0.1) is 11.4 Å². The van der Waals surface area contributed by atoms with E-state index in [4.69, 9.17) is 0 Å². The van der Waals surface area contributed by atoms with Crippen molar-refractivity contribution in [2.75, 3.05) is 0 Å². The molecule has 0 unspecified atom stereocenters. The van der Waals surface area contributed by atoms with Gasteiger partial charge in [0, 0.05) is 24.2 Å². The highest BCUT2D eigenvalue weighted by atomic mass is 32.1. The average Bonchev–Trinajstić information content (AvgIpc) is 3.02. The van der Waals surface area contributed by atoms with Crippen LogP contribution in [0.5, 0.6) is 0 Å². The molecule has 0 radical (unpaired) electrons. The molecule has 2 heterocycles. The molecule has 0 aromatic carbocycles. The van der Waals surface area contributed by atoms with Gasteiger partial charge in [-0.15, -0.1) is 11.3 Å². The number of aryl methyl sites for hydroxylation is 1. The molecule has 0 spiro atoms. The molecular formula is C14H21N3S. The SMILES string of the molecule is Cc1nc2sccn2c1CN[C@@H](C)C1CCCC1. The highest BCUT2D eigenvalue weighted by molar-refractivity contribution is 7.15. The Labute approximate surface area is 112 Å². The van der Waals surface area contributed by atoms with Crippen LogP contribution >= 0.6 is 11.3 Å². The second-order valence-electron chi connectivity index (χ2n) is 5.41. The van der Waals surface area contributed by atoms with Crippen LogP contribution in [0.4, 0.5) is 0 Å². The summed E-state index contributed by atoms with van der Waals surface area (Å²) in [6, 6.07) is 0.621. The quantitative estimate of drug-likeness (QED) is 0.916. The van der Waals surface area contributed by atoms with Gasteiger partial charge in [0.1, 0.15) is 0 Å². The van der Waals surface area contributed by atoms with Crippen LogP contribution < -0.4 is 5.32 Å². The van der Waals surface area contributed by atoms with E-state index < -0.39 is 0 Å². The molecule has 0 saturated heterocycles. The Morgan fingerprint density at radius 1 is 1.50 bits per heavy atom. The van der Waals surface area contributed by atoms with E-state index >= 15 is 0 Å². The van der Waals surface area contributed by atoms with Crippen molar-refractivity contribution < 1.29 is 0 Å². The van der Waals surface area contributed by atoms with E-state index in [1.165, 1.54) is 31.4 Å². The third kappa shape index (κ3) is 2.19. The number of imidazole rings is 1. The number of hydrogen-bond donors (Lipinski definition) is 1. The Hall–Kier alpha value is -0.870. The molecular weight excluding hydrogens is 242 g/mol. The smallest absolute Gasteiger partial charge is 0.194 e. The van der Waals surface area contributed by atoms with E-state index in [1.807, 2.05) is 0 Å². The van der Waals surface area contributed by atoms with E-state index in [0.29, 0.717) is 6.04 Å². The van der Waals surface area contributed by atoms with E-state index in [-0.39, 0.29) is 0 Å². The number of nitrogens with zero attached hydrogens (tertiary/aromatic N) is 2. The lowest BCUT2D eigenvalue weighted by Gasteiger charge is -2.20. The molecule has 1 atom stereocenters. The number of nitrogens with one attached hydrogen (secondary N) is 1. The first-order valence-corrected chi connectivity index (χ1v) is 7.78. The fraction of sp³-hybridized carbons (Fsp3) is 0.643. The first-order chi connectivity index (χ1) is 8.75. The molecule has 1 N–H and O–H groups in total. The normalized spacial score (nSPS) is 18.8. The minimum absolute atomic E-state index is 0.621. The summed E-state index contributed by atoms with van der Waals surface area (Å²) in [6.45, 7) is 5.37. The third-order valence-corrected chi connectivity index (χ3v) is 5.02. The molecule has 4 heteroatoms. The summed E-state index contributed by atoms with van der Waals surface area (Å²) < 4.78 is 2.22. The lowest BCUT2D eigenvalue weighted by atomic mass is 10.00. The van der Waals surface area contributed by atoms with Crippen molar-refractivity contribution >= 4 is 16.3 Å². The van der Waals surface area contributed by atoms with Crippen LogP contribution in [-0.2, 0) is 6.54 Å². The standard InChI is InChI=1S/C14H21N3S/c1-10(12-5-3-4-6-12)15-9-13-11(2)16-14-17(13)7-8-18-14/h7-8,10,12,15H,3-6,9H2,1-2H3/t10-/m0/s1. The molecule has 2 aromatic heterocycles. The molecule has 3 nitrogen and oxygen atoms in total. The van der Waals surface area contributed by atoms with Crippen molar-refractivity contribution in [1.29, 1.82) is 0 Å². The molecule has 0 amide bonds. The van der Waals surface area contributed by atoms with Crippen LogP contribution in [0.3, 0.4) is 0 Å². The Bertz CT molecular complexity index is 522. The molecule has 18 heavy (non-hydrogen) atoms. The van der Waals surface area contributed by atoms with Crippen LogP contribution in [0.25, 0.3) is 4.96 Å². The molecule has 2 aromatic rings. The number of aromatic nitrogens is 2. The van der Waals surface area contributed by atoms with Crippen molar-refractivity contribution in [3.05, 3.63) is 23.0 Å². The predicted octanol–water partition coefficient (Wildman–Crippen LogP) is 3.37. The van der Waals surface area contributed by atoms with Gasteiger partial charge in [-0.3, -0.25) is 4.40 Å². The van der Waals surface area contributed by atoms with Crippen molar-refractivity contribution in [2.24, 2.45) is 5.92 Å². The second kappa shape index (κ2) is 5.02. The zero-order valence-electron chi connectivity index (χ0n) is 11.1. The fourth-order valence-corrected chi connectivity index (χ4v) is 3.81. The summed E-state index contributed by atoms with van der Waals surface area (Å²) in [7, 11) is 0. The number of fused-ring (bicyclic) bond motifs is 1. The topological polar surface area (TPSA) is 29.3 Å². The van der Waals surface area contributed by atoms with Gasteiger partial charge in [-0.25, -0.2) is 4.98 Å². The van der Waals surface area contributed by atoms with Crippen molar-refractivity contribution in [3.63, 3.8) is 0 Å². The van der Waals surface area contributed by atoms with Gasteiger partial charge in [-0.05, 0) is 32.6 Å². The largest absolute Gasteiger partial charge is 0.308 e. The molecule has 1 saturated carbocycles. The molecule has 98 valence electrons. The van der Waals surface area contributed by atoms with Crippen LogP contribution in [0, 0.1) is 12.8 Å². The maximum Gasteiger partial charge on any atom is 0.194 e. The minimum Gasteiger partial charge on any atom is -0.308 e.